The third kappa shape index (κ3) is 8.56. The van der Waals surface area contributed by atoms with Gasteiger partial charge in [-0.15, -0.1) is 0 Å². The average molecular weight is 686 g/mol. The van der Waals surface area contributed by atoms with Crippen LogP contribution in [0.2, 0.25) is 5.02 Å². The zero-order valence-corrected chi connectivity index (χ0v) is 28.9. The highest BCUT2D eigenvalue weighted by Gasteiger charge is 2.54. The van der Waals surface area contributed by atoms with Crippen molar-refractivity contribution in [1.82, 2.24) is 21.0 Å². The normalized spacial score (nSPS) is 28.3. The van der Waals surface area contributed by atoms with Gasteiger partial charge in [-0.3, -0.25) is 34.3 Å². The van der Waals surface area contributed by atoms with E-state index in [-0.39, 0.29) is 43.6 Å². The molecule has 1 spiro atoms. The number of hydrogen-bond acceptors (Lipinski definition) is 8. The molecule has 2 aliphatic carbocycles. The van der Waals surface area contributed by atoms with Gasteiger partial charge in [0.05, 0.1) is 23.9 Å². The quantitative estimate of drug-likeness (QED) is 0.221. The number of nitrogens with zero attached hydrogens (tertiary/aromatic N) is 1. The standard InChI is InChI=1S/C35H48ClN5O7/c1-33(2,3)29(39-27(42)15-21-10-12-34(4,47)13-11-21)32(46)41-19-35(17-25(40-48-35)22-6-5-7-23(36)16-22)18-26(41)31(45)38-24(14-20-8-9-20)28(43)30(37)44/h5-7,16-17,20-21,24,26,29,40,47H,8-15,18-19H2,1-4H3,(H2,37,44)(H,38,45)(H,39,42)/t21?,24-,26-,29+,34?,35+/m0/s1. The first-order valence-corrected chi connectivity index (χ1v) is 17.2. The number of primary amides is 1. The molecule has 4 atom stereocenters. The van der Waals surface area contributed by atoms with Crippen LogP contribution in [0.5, 0.6) is 0 Å². The number of nitrogens with two attached hydrogens (primary N) is 1. The van der Waals surface area contributed by atoms with Crippen LogP contribution in [0.3, 0.4) is 0 Å². The maximum Gasteiger partial charge on any atom is 0.287 e. The Hall–Kier alpha value is -3.48. The molecule has 0 unspecified atom stereocenters. The molecule has 2 saturated carbocycles. The molecule has 12 nitrogen and oxygen atoms in total. The molecule has 5 rings (SSSR count). The number of aliphatic hydroxyl groups is 1. The zero-order valence-electron chi connectivity index (χ0n) is 28.1. The van der Waals surface area contributed by atoms with E-state index in [1.54, 1.807) is 18.2 Å². The number of ketones is 1. The predicted molar refractivity (Wildman–Crippen MR) is 179 cm³/mol. The summed E-state index contributed by atoms with van der Waals surface area (Å²) < 4.78 is 0. The van der Waals surface area contributed by atoms with Gasteiger partial charge in [-0.25, -0.2) is 0 Å². The van der Waals surface area contributed by atoms with E-state index >= 15 is 0 Å². The molecule has 1 aromatic carbocycles. The highest BCUT2D eigenvalue weighted by molar-refractivity contribution is 6.37. The van der Waals surface area contributed by atoms with Gasteiger partial charge in [-0.05, 0) is 74.5 Å². The first-order valence-electron chi connectivity index (χ1n) is 16.8. The van der Waals surface area contributed by atoms with Crippen LogP contribution in [0.25, 0.3) is 5.70 Å². The number of carbonyl (C=O) groups excluding carboxylic acids is 5. The van der Waals surface area contributed by atoms with Crippen molar-refractivity contribution < 1.29 is 33.9 Å². The molecule has 6 N–H and O–H groups in total. The largest absolute Gasteiger partial charge is 0.390 e. The minimum absolute atomic E-state index is 0.0157. The van der Waals surface area contributed by atoms with Crippen molar-refractivity contribution in [3.63, 3.8) is 0 Å². The van der Waals surface area contributed by atoms with Crippen LogP contribution >= 0.6 is 11.6 Å². The summed E-state index contributed by atoms with van der Waals surface area (Å²) in [5.41, 5.74) is 7.07. The lowest BCUT2D eigenvalue weighted by molar-refractivity contribution is -0.145. The summed E-state index contributed by atoms with van der Waals surface area (Å²) in [6, 6.07) is 3.99. The Morgan fingerprint density at radius 1 is 1.10 bits per heavy atom. The smallest absolute Gasteiger partial charge is 0.287 e. The topological polar surface area (TPSA) is 180 Å². The van der Waals surface area contributed by atoms with Crippen LogP contribution in [-0.2, 0) is 28.8 Å². The van der Waals surface area contributed by atoms with Crippen LogP contribution in [0.1, 0.15) is 91.0 Å². The van der Waals surface area contributed by atoms with Crippen LogP contribution in [0.15, 0.2) is 30.3 Å². The summed E-state index contributed by atoms with van der Waals surface area (Å²) in [4.78, 5) is 74.0. The van der Waals surface area contributed by atoms with Crippen LogP contribution in [0, 0.1) is 17.3 Å². The molecule has 1 aromatic rings. The van der Waals surface area contributed by atoms with Crippen molar-refractivity contribution in [2.45, 2.75) is 115 Å². The lowest BCUT2D eigenvalue weighted by Crippen LogP contribution is -2.59. The van der Waals surface area contributed by atoms with Crippen LogP contribution in [-0.4, -0.2) is 75.3 Å². The number of benzene rings is 1. The second kappa shape index (κ2) is 13.8. The molecular formula is C35H48ClN5O7. The van der Waals surface area contributed by atoms with E-state index in [0.717, 1.165) is 18.4 Å². The Morgan fingerprint density at radius 3 is 2.40 bits per heavy atom. The minimum atomic E-state index is -1.13. The minimum Gasteiger partial charge on any atom is -0.390 e. The molecule has 0 aromatic heterocycles. The van der Waals surface area contributed by atoms with Gasteiger partial charge in [0.1, 0.15) is 17.7 Å². The number of carbonyl (C=O) groups is 5. The Kier molecular flexibility index (Phi) is 10.3. The third-order valence-electron chi connectivity index (χ3n) is 10.1. The number of rotatable bonds is 11. The van der Waals surface area contributed by atoms with E-state index in [1.807, 2.05) is 39.8 Å². The van der Waals surface area contributed by atoms with E-state index < -0.39 is 58.2 Å². The Bertz CT molecular complexity index is 1480. The van der Waals surface area contributed by atoms with E-state index in [4.69, 9.17) is 22.2 Å². The van der Waals surface area contributed by atoms with Crippen molar-refractivity contribution in [3.8, 4) is 0 Å². The number of hydrogen-bond donors (Lipinski definition) is 5. The molecule has 1 saturated heterocycles. The van der Waals surface area contributed by atoms with E-state index in [9.17, 15) is 29.1 Å². The van der Waals surface area contributed by atoms with E-state index in [2.05, 4.69) is 16.1 Å². The van der Waals surface area contributed by atoms with Gasteiger partial charge in [-0.1, -0.05) is 57.3 Å². The lowest BCUT2D eigenvalue weighted by Gasteiger charge is -2.36. The van der Waals surface area contributed by atoms with Gasteiger partial charge in [-0.2, -0.15) is 0 Å². The number of halogens is 1. The molecule has 4 amide bonds. The maximum absolute atomic E-state index is 14.5. The second-order valence-electron chi connectivity index (χ2n) is 15.5. The van der Waals surface area contributed by atoms with Crippen molar-refractivity contribution in [3.05, 3.63) is 40.9 Å². The number of hydroxylamine groups is 1. The van der Waals surface area contributed by atoms with E-state index in [1.165, 1.54) is 4.90 Å². The first kappa shape index (κ1) is 35.8. The highest BCUT2D eigenvalue weighted by Crippen LogP contribution is 2.40. The molecule has 48 heavy (non-hydrogen) atoms. The molecule has 4 aliphatic rings. The van der Waals surface area contributed by atoms with Crippen LogP contribution < -0.4 is 21.8 Å². The predicted octanol–water partition coefficient (Wildman–Crippen LogP) is 2.76. The number of amides is 4. The Balaban J connectivity index is 1.40. The fourth-order valence-corrected chi connectivity index (χ4v) is 7.17. The SMILES string of the molecule is CC1(O)CCC(CC(=O)N[C@H](C(=O)N2C[C@@]3(C=C(c4cccc(Cl)c4)NO3)C[C@H]2C(=O)N[C@@H](CC2CC2)C(=O)C(N)=O)C(C)(C)C)CC1. The summed E-state index contributed by atoms with van der Waals surface area (Å²) in [5.74, 6) is -3.07. The van der Waals surface area contributed by atoms with Gasteiger partial charge < -0.3 is 26.4 Å². The molecule has 0 bridgehead atoms. The number of Topliss-reactive ketones (excluding diaryl/α,β-unsaturated/α-hetero) is 1. The maximum atomic E-state index is 14.5. The van der Waals surface area contributed by atoms with Crippen molar-refractivity contribution >= 4 is 46.7 Å². The van der Waals surface area contributed by atoms with Gasteiger partial charge in [0.2, 0.25) is 23.5 Å². The lowest BCUT2D eigenvalue weighted by atomic mass is 9.78. The summed E-state index contributed by atoms with van der Waals surface area (Å²) in [5, 5.41) is 16.5. The Morgan fingerprint density at radius 2 is 1.79 bits per heavy atom. The molecule has 2 aliphatic heterocycles. The van der Waals surface area contributed by atoms with Gasteiger partial charge >= 0.3 is 0 Å². The molecule has 2 heterocycles. The fourth-order valence-electron chi connectivity index (χ4n) is 6.98. The molecule has 262 valence electrons. The molecule has 13 heteroatoms. The zero-order chi connectivity index (χ0) is 35.0. The highest BCUT2D eigenvalue weighted by atomic mass is 35.5. The summed E-state index contributed by atoms with van der Waals surface area (Å²) >= 11 is 6.23. The monoisotopic (exact) mass is 685 g/mol. The molecular weight excluding hydrogens is 638 g/mol. The number of nitrogens with one attached hydrogen (secondary N) is 3. The first-order chi connectivity index (χ1) is 22.4. The fraction of sp³-hybridized carbons (Fsp3) is 0.629. The summed E-state index contributed by atoms with van der Waals surface area (Å²) in [6.07, 6.45) is 6.80. The second-order valence-corrected chi connectivity index (χ2v) is 15.9. The number of likely N-dealkylation sites (tertiary alicyclic amines) is 1. The molecule has 3 fully saturated rings. The van der Waals surface area contributed by atoms with Crippen molar-refractivity contribution in [2.24, 2.45) is 23.0 Å². The van der Waals surface area contributed by atoms with E-state index in [0.29, 0.717) is 36.4 Å². The third-order valence-corrected chi connectivity index (χ3v) is 10.3. The van der Waals surface area contributed by atoms with Gasteiger partial charge in [0, 0.05) is 23.4 Å². The van der Waals surface area contributed by atoms with Gasteiger partial charge in [0.25, 0.3) is 5.91 Å². The average Bonchev–Trinajstić information content (AvgIpc) is 3.61. The molecule has 0 radical (unpaired) electrons. The van der Waals surface area contributed by atoms with Crippen molar-refractivity contribution in [2.75, 3.05) is 6.54 Å². The van der Waals surface area contributed by atoms with Crippen molar-refractivity contribution in [1.29, 1.82) is 0 Å². The van der Waals surface area contributed by atoms with Gasteiger partial charge in [0.15, 0.2) is 0 Å². The summed E-state index contributed by atoms with van der Waals surface area (Å²) in [7, 11) is 0. The van der Waals surface area contributed by atoms with Crippen LogP contribution in [0.4, 0.5) is 0 Å². The Labute approximate surface area is 286 Å². The summed E-state index contributed by atoms with van der Waals surface area (Å²) in [6.45, 7) is 7.32.